The quantitative estimate of drug-likeness (QED) is 0.861. The first-order chi connectivity index (χ1) is 13.2. The van der Waals surface area contributed by atoms with Gasteiger partial charge in [0, 0.05) is 51.5 Å². The summed E-state index contributed by atoms with van der Waals surface area (Å²) < 4.78 is 2.20. The summed E-state index contributed by atoms with van der Waals surface area (Å²) in [5.74, 6) is 2.58. The van der Waals surface area contributed by atoms with Crippen molar-refractivity contribution in [2.45, 2.75) is 50.8 Å². The van der Waals surface area contributed by atoms with E-state index in [9.17, 15) is 5.11 Å². The van der Waals surface area contributed by atoms with Crippen LogP contribution in [0.15, 0.2) is 24.5 Å². The van der Waals surface area contributed by atoms with Crippen molar-refractivity contribution >= 4 is 0 Å². The number of pyridine rings is 1. The van der Waals surface area contributed by atoms with Crippen LogP contribution >= 0.6 is 0 Å². The van der Waals surface area contributed by atoms with Crippen LogP contribution < -0.4 is 0 Å². The van der Waals surface area contributed by atoms with Gasteiger partial charge in [0.1, 0.15) is 11.6 Å². The van der Waals surface area contributed by atoms with Crippen LogP contribution in [0.3, 0.4) is 0 Å². The van der Waals surface area contributed by atoms with Crippen molar-refractivity contribution in [2.75, 3.05) is 26.2 Å². The van der Waals surface area contributed by atoms with E-state index < -0.39 is 0 Å². The van der Waals surface area contributed by atoms with Crippen molar-refractivity contribution in [1.82, 2.24) is 29.5 Å². The molecule has 0 aromatic carbocycles. The molecule has 2 aromatic heterocycles. The summed E-state index contributed by atoms with van der Waals surface area (Å²) in [5, 5.41) is 18.7. The second-order valence-corrected chi connectivity index (χ2v) is 7.98. The highest BCUT2D eigenvalue weighted by Crippen LogP contribution is 2.27. The normalized spacial score (nSPS) is 23.0. The molecule has 7 nitrogen and oxygen atoms in total. The van der Waals surface area contributed by atoms with Gasteiger partial charge in [0.2, 0.25) is 0 Å². The molecule has 4 heterocycles. The third kappa shape index (κ3) is 4.54. The zero-order valence-corrected chi connectivity index (χ0v) is 16.2. The average Bonchev–Trinajstić information content (AvgIpc) is 3.05. The Labute approximate surface area is 161 Å². The Hall–Kier alpha value is -1.83. The molecule has 0 bridgehead atoms. The third-order valence-corrected chi connectivity index (χ3v) is 5.92. The Kier molecular flexibility index (Phi) is 5.80. The van der Waals surface area contributed by atoms with E-state index in [1.54, 1.807) is 0 Å². The standard InChI is InChI=1S/C20H30N6O/c1-24-19(15-25-10-6-18(27)7-11-25)22-23-20(24)17-5-3-9-26(14-17)13-16-4-2-8-21-12-16/h2,4,8,12,17-18,27H,3,5-7,9-11,13-15H2,1H3/t17-/m1/s1. The molecule has 1 N–H and O–H groups in total. The summed E-state index contributed by atoms with van der Waals surface area (Å²) in [7, 11) is 2.10. The van der Waals surface area contributed by atoms with Crippen LogP contribution in [-0.4, -0.2) is 66.9 Å². The van der Waals surface area contributed by atoms with E-state index in [0.717, 1.165) is 63.8 Å². The average molecular weight is 371 g/mol. The van der Waals surface area contributed by atoms with Crippen LogP contribution in [0.2, 0.25) is 0 Å². The highest BCUT2D eigenvalue weighted by molar-refractivity contribution is 5.10. The SMILES string of the molecule is Cn1c(CN2CCC(O)CC2)nnc1[C@@H]1CCCN(Cc2cccnc2)C1. The first kappa shape index (κ1) is 18.5. The summed E-state index contributed by atoms with van der Waals surface area (Å²) in [6.07, 6.45) is 7.73. The fraction of sp³-hybridized carbons (Fsp3) is 0.650. The van der Waals surface area contributed by atoms with Gasteiger partial charge < -0.3 is 9.67 Å². The molecule has 2 saturated heterocycles. The highest BCUT2D eigenvalue weighted by atomic mass is 16.3. The number of aliphatic hydroxyl groups is 1. The maximum atomic E-state index is 9.68. The van der Waals surface area contributed by atoms with Crippen LogP contribution in [0.25, 0.3) is 0 Å². The van der Waals surface area contributed by atoms with Gasteiger partial charge in [-0.05, 0) is 43.9 Å². The fourth-order valence-corrected chi connectivity index (χ4v) is 4.31. The van der Waals surface area contributed by atoms with Gasteiger partial charge in [-0.3, -0.25) is 14.8 Å². The van der Waals surface area contributed by atoms with E-state index in [1.165, 1.54) is 18.4 Å². The molecule has 0 radical (unpaired) electrons. The zero-order valence-electron chi connectivity index (χ0n) is 16.2. The van der Waals surface area contributed by atoms with E-state index in [-0.39, 0.29) is 6.10 Å². The van der Waals surface area contributed by atoms with Gasteiger partial charge in [0.25, 0.3) is 0 Å². The van der Waals surface area contributed by atoms with Gasteiger partial charge in [-0.1, -0.05) is 6.07 Å². The number of rotatable bonds is 5. The minimum Gasteiger partial charge on any atom is -0.393 e. The van der Waals surface area contributed by atoms with Gasteiger partial charge in [0.05, 0.1) is 12.6 Å². The summed E-state index contributed by atoms with van der Waals surface area (Å²) in [4.78, 5) is 9.11. The molecule has 7 heteroatoms. The zero-order chi connectivity index (χ0) is 18.6. The molecule has 0 amide bonds. The molecule has 4 rings (SSSR count). The molecule has 0 aliphatic carbocycles. The minimum absolute atomic E-state index is 0.135. The van der Waals surface area contributed by atoms with Crippen molar-refractivity contribution in [2.24, 2.45) is 7.05 Å². The number of piperidine rings is 2. The van der Waals surface area contributed by atoms with Gasteiger partial charge >= 0.3 is 0 Å². The minimum atomic E-state index is -0.135. The Morgan fingerprint density at radius 2 is 1.93 bits per heavy atom. The molecule has 2 aliphatic heterocycles. The van der Waals surface area contributed by atoms with Crippen molar-refractivity contribution < 1.29 is 5.11 Å². The van der Waals surface area contributed by atoms with Crippen LogP contribution in [-0.2, 0) is 20.1 Å². The van der Waals surface area contributed by atoms with Crippen molar-refractivity contribution in [3.05, 3.63) is 41.7 Å². The Morgan fingerprint density at radius 3 is 2.70 bits per heavy atom. The van der Waals surface area contributed by atoms with Crippen LogP contribution in [0.1, 0.15) is 48.8 Å². The number of aromatic nitrogens is 4. The fourth-order valence-electron chi connectivity index (χ4n) is 4.31. The van der Waals surface area contributed by atoms with Crippen molar-refractivity contribution in [1.29, 1.82) is 0 Å². The van der Waals surface area contributed by atoms with Crippen LogP contribution in [0.4, 0.5) is 0 Å². The van der Waals surface area contributed by atoms with E-state index >= 15 is 0 Å². The maximum absolute atomic E-state index is 9.68. The largest absolute Gasteiger partial charge is 0.393 e. The summed E-state index contributed by atoms with van der Waals surface area (Å²) >= 11 is 0. The third-order valence-electron chi connectivity index (χ3n) is 5.92. The Balaban J connectivity index is 1.38. The lowest BCUT2D eigenvalue weighted by Gasteiger charge is -2.32. The number of nitrogens with zero attached hydrogens (tertiary/aromatic N) is 6. The molecule has 146 valence electrons. The molecule has 2 fully saturated rings. The molecular weight excluding hydrogens is 340 g/mol. The van der Waals surface area contributed by atoms with E-state index in [1.807, 2.05) is 18.5 Å². The van der Waals surface area contributed by atoms with Crippen LogP contribution in [0.5, 0.6) is 0 Å². The predicted molar refractivity (Wildman–Crippen MR) is 103 cm³/mol. The highest BCUT2D eigenvalue weighted by Gasteiger charge is 2.27. The summed E-state index contributed by atoms with van der Waals surface area (Å²) in [5.41, 5.74) is 1.27. The van der Waals surface area contributed by atoms with Crippen LogP contribution in [0, 0.1) is 0 Å². The first-order valence-electron chi connectivity index (χ1n) is 10.1. The lowest BCUT2D eigenvalue weighted by atomic mass is 9.97. The van der Waals surface area contributed by atoms with E-state index in [2.05, 4.69) is 42.7 Å². The molecule has 0 spiro atoms. The van der Waals surface area contributed by atoms with E-state index in [4.69, 9.17) is 0 Å². The summed E-state index contributed by atoms with van der Waals surface area (Å²) in [6, 6.07) is 4.15. The lowest BCUT2D eigenvalue weighted by Crippen LogP contribution is -2.36. The smallest absolute Gasteiger partial charge is 0.146 e. The first-order valence-corrected chi connectivity index (χ1v) is 10.1. The molecule has 27 heavy (non-hydrogen) atoms. The molecule has 0 saturated carbocycles. The lowest BCUT2D eigenvalue weighted by molar-refractivity contribution is 0.0775. The second kappa shape index (κ2) is 8.46. The molecule has 0 unspecified atom stereocenters. The number of hydrogen-bond donors (Lipinski definition) is 1. The maximum Gasteiger partial charge on any atom is 0.146 e. The van der Waals surface area contributed by atoms with E-state index in [0.29, 0.717) is 5.92 Å². The number of aliphatic hydroxyl groups excluding tert-OH is 1. The molecule has 1 atom stereocenters. The van der Waals surface area contributed by atoms with Gasteiger partial charge in [0.15, 0.2) is 0 Å². The molecule has 2 aromatic rings. The number of hydrogen-bond acceptors (Lipinski definition) is 6. The molecule has 2 aliphatic rings. The second-order valence-electron chi connectivity index (χ2n) is 7.98. The number of likely N-dealkylation sites (tertiary alicyclic amines) is 2. The Bertz CT molecular complexity index is 725. The topological polar surface area (TPSA) is 70.3 Å². The van der Waals surface area contributed by atoms with Crippen molar-refractivity contribution in [3.8, 4) is 0 Å². The van der Waals surface area contributed by atoms with Gasteiger partial charge in [-0.25, -0.2) is 0 Å². The molecular formula is C20H30N6O. The van der Waals surface area contributed by atoms with Gasteiger partial charge in [-0.15, -0.1) is 10.2 Å². The summed E-state index contributed by atoms with van der Waals surface area (Å²) in [6.45, 7) is 5.80. The Morgan fingerprint density at radius 1 is 1.07 bits per heavy atom. The predicted octanol–water partition coefficient (Wildman–Crippen LogP) is 1.55. The monoisotopic (exact) mass is 370 g/mol. The van der Waals surface area contributed by atoms with Crippen molar-refractivity contribution in [3.63, 3.8) is 0 Å². The van der Waals surface area contributed by atoms with Gasteiger partial charge in [-0.2, -0.15) is 0 Å².